The van der Waals surface area contributed by atoms with Crippen LogP contribution in [0.2, 0.25) is 0 Å². The third-order valence-electron chi connectivity index (χ3n) is 2.78. The van der Waals surface area contributed by atoms with Crippen molar-refractivity contribution in [3.8, 4) is 0 Å². The summed E-state index contributed by atoms with van der Waals surface area (Å²) in [5.74, 6) is 1.47. The van der Waals surface area contributed by atoms with Crippen LogP contribution in [0.25, 0.3) is 0 Å². The molecular weight excluding hydrogens is 178 g/mol. The van der Waals surface area contributed by atoms with E-state index in [2.05, 4.69) is 11.9 Å². The SMILES string of the molecule is CC1CCc2ncc(CN)c(=O)n2C1. The number of hydrogen-bond donors (Lipinski definition) is 1. The molecule has 0 aromatic carbocycles. The van der Waals surface area contributed by atoms with Gasteiger partial charge in [-0.15, -0.1) is 0 Å². The van der Waals surface area contributed by atoms with Crippen LogP contribution in [0.1, 0.15) is 24.7 Å². The van der Waals surface area contributed by atoms with Gasteiger partial charge in [0, 0.05) is 31.3 Å². The van der Waals surface area contributed by atoms with Gasteiger partial charge in [0.1, 0.15) is 5.82 Å². The van der Waals surface area contributed by atoms with E-state index in [1.54, 1.807) is 10.8 Å². The maximum absolute atomic E-state index is 11.8. The second-order valence-electron chi connectivity index (χ2n) is 3.96. The smallest absolute Gasteiger partial charge is 0.257 e. The first-order valence-corrected chi connectivity index (χ1v) is 5.00. The Balaban J connectivity index is 2.51. The van der Waals surface area contributed by atoms with Crippen molar-refractivity contribution in [1.82, 2.24) is 9.55 Å². The van der Waals surface area contributed by atoms with Crippen molar-refractivity contribution in [3.63, 3.8) is 0 Å². The molecule has 2 rings (SSSR count). The second kappa shape index (κ2) is 3.53. The van der Waals surface area contributed by atoms with Crippen LogP contribution in [-0.4, -0.2) is 9.55 Å². The second-order valence-corrected chi connectivity index (χ2v) is 3.96. The number of rotatable bonds is 1. The molecule has 0 fully saturated rings. The third-order valence-corrected chi connectivity index (χ3v) is 2.78. The molecule has 2 N–H and O–H groups in total. The van der Waals surface area contributed by atoms with E-state index in [-0.39, 0.29) is 12.1 Å². The highest BCUT2D eigenvalue weighted by molar-refractivity contribution is 5.08. The molecule has 0 saturated carbocycles. The van der Waals surface area contributed by atoms with E-state index in [0.29, 0.717) is 11.5 Å². The standard InChI is InChI=1S/C10H15N3O/c1-7-2-3-9-12-5-8(4-11)10(14)13(9)6-7/h5,7H,2-4,6,11H2,1H3. The first kappa shape index (κ1) is 9.40. The van der Waals surface area contributed by atoms with Crippen LogP contribution < -0.4 is 11.3 Å². The number of nitrogens with zero attached hydrogens (tertiary/aromatic N) is 2. The predicted molar refractivity (Wildman–Crippen MR) is 53.9 cm³/mol. The fourth-order valence-electron chi connectivity index (χ4n) is 1.87. The van der Waals surface area contributed by atoms with E-state index in [4.69, 9.17) is 5.73 Å². The molecule has 76 valence electrons. The minimum Gasteiger partial charge on any atom is -0.326 e. The largest absolute Gasteiger partial charge is 0.326 e. The minimum atomic E-state index is 0.0454. The zero-order chi connectivity index (χ0) is 10.1. The lowest BCUT2D eigenvalue weighted by Gasteiger charge is -2.22. The van der Waals surface area contributed by atoms with Gasteiger partial charge < -0.3 is 5.73 Å². The molecule has 0 amide bonds. The van der Waals surface area contributed by atoms with Gasteiger partial charge in [-0.3, -0.25) is 9.36 Å². The Labute approximate surface area is 82.8 Å². The maximum Gasteiger partial charge on any atom is 0.257 e. The van der Waals surface area contributed by atoms with Crippen LogP contribution >= 0.6 is 0 Å². The van der Waals surface area contributed by atoms with Gasteiger partial charge in [0.25, 0.3) is 5.56 Å². The van der Waals surface area contributed by atoms with Crippen LogP contribution in [-0.2, 0) is 19.5 Å². The monoisotopic (exact) mass is 193 g/mol. The Morgan fingerprint density at radius 1 is 1.71 bits per heavy atom. The quantitative estimate of drug-likeness (QED) is 0.697. The summed E-state index contributed by atoms with van der Waals surface area (Å²) in [6.45, 7) is 3.22. The Bertz CT molecular complexity index is 397. The molecule has 1 unspecified atom stereocenters. The van der Waals surface area contributed by atoms with Crippen molar-refractivity contribution in [2.75, 3.05) is 0 Å². The average molecular weight is 193 g/mol. The first-order valence-electron chi connectivity index (χ1n) is 5.00. The Hall–Kier alpha value is -1.16. The zero-order valence-corrected chi connectivity index (χ0v) is 8.36. The minimum absolute atomic E-state index is 0.0454. The highest BCUT2D eigenvalue weighted by Crippen LogP contribution is 2.15. The zero-order valence-electron chi connectivity index (χ0n) is 8.36. The van der Waals surface area contributed by atoms with E-state index in [0.717, 1.165) is 25.2 Å². The number of aromatic nitrogens is 2. The van der Waals surface area contributed by atoms with Gasteiger partial charge in [-0.1, -0.05) is 6.92 Å². The van der Waals surface area contributed by atoms with E-state index >= 15 is 0 Å². The summed E-state index contributed by atoms with van der Waals surface area (Å²) in [5, 5.41) is 0. The van der Waals surface area contributed by atoms with Gasteiger partial charge in [0.15, 0.2) is 0 Å². The topological polar surface area (TPSA) is 60.9 Å². The average Bonchev–Trinajstić information content (AvgIpc) is 2.20. The fourth-order valence-corrected chi connectivity index (χ4v) is 1.87. The highest BCUT2D eigenvalue weighted by Gasteiger charge is 2.17. The molecule has 4 nitrogen and oxygen atoms in total. The molecule has 0 saturated heterocycles. The number of nitrogens with two attached hydrogens (primary N) is 1. The summed E-state index contributed by atoms with van der Waals surface area (Å²) in [4.78, 5) is 16.1. The summed E-state index contributed by atoms with van der Waals surface area (Å²) in [5.41, 5.74) is 6.12. The van der Waals surface area contributed by atoms with Crippen molar-refractivity contribution < 1.29 is 0 Å². The van der Waals surface area contributed by atoms with Crippen LogP contribution in [0.15, 0.2) is 11.0 Å². The number of hydrogen-bond acceptors (Lipinski definition) is 3. The molecule has 1 atom stereocenters. The lowest BCUT2D eigenvalue weighted by atomic mass is 10.0. The van der Waals surface area contributed by atoms with E-state index in [9.17, 15) is 4.79 Å². The Morgan fingerprint density at radius 3 is 3.21 bits per heavy atom. The summed E-state index contributed by atoms with van der Waals surface area (Å²) < 4.78 is 1.77. The molecule has 1 aliphatic heterocycles. The van der Waals surface area contributed by atoms with Gasteiger partial charge in [-0.2, -0.15) is 0 Å². The molecule has 0 radical (unpaired) electrons. The van der Waals surface area contributed by atoms with Crippen molar-refractivity contribution in [3.05, 3.63) is 27.9 Å². The molecule has 2 heterocycles. The Morgan fingerprint density at radius 2 is 2.50 bits per heavy atom. The van der Waals surface area contributed by atoms with Crippen molar-refractivity contribution in [1.29, 1.82) is 0 Å². The highest BCUT2D eigenvalue weighted by atomic mass is 16.1. The molecule has 0 spiro atoms. The van der Waals surface area contributed by atoms with Crippen LogP contribution in [0.3, 0.4) is 0 Å². The molecule has 14 heavy (non-hydrogen) atoms. The first-order chi connectivity index (χ1) is 6.72. The third kappa shape index (κ3) is 1.46. The summed E-state index contributed by atoms with van der Waals surface area (Å²) in [6.07, 6.45) is 3.64. The van der Waals surface area contributed by atoms with Crippen molar-refractivity contribution in [2.45, 2.75) is 32.9 Å². The van der Waals surface area contributed by atoms with E-state index < -0.39 is 0 Å². The van der Waals surface area contributed by atoms with Gasteiger partial charge >= 0.3 is 0 Å². The molecule has 1 aromatic heterocycles. The van der Waals surface area contributed by atoms with Crippen LogP contribution in [0.4, 0.5) is 0 Å². The Kier molecular flexibility index (Phi) is 2.37. The summed E-state index contributed by atoms with van der Waals surface area (Å²) in [7, 11) is 0. The summed E-state index contributed by atoms with van der Waals surface area (Å²) >= 11 is 0. The molecule has 1 aliphatic rings. The van der Waals surface area contributed by atoms with Gasteiger partial charge in [0.2, 0.25) is 0 Å². The molecule has 0 aliphatic carbocycles. The maximum atomic E-state index is 11.8. The fraction of sp³-hybridized carbons (Fsp3) is 0.600. The number of fused-ring (bicyclic) bond motifs is 1. The normalized spacial score (nSPS) is 20.6. The van der Waals surface area contributed by atoms with Gasteiger partial charge in [0.05, 0.1) is 0 Å². The molecule has 1 aromatic rings. The predicted octanol–water partition coefficient (Wildman–Crippen LogP) is 0.284. The van der Waals surface area contributed by atoms with Gasteiger partial charge in [-0.05, 0) is 12.3 Å². The van der Waals surface area contributed by atoms with E-state index in [1.165, 1.54) is 0 Å². The molecule has 4 heteroatoms. The van der Waals surface area contributed by atoms with Crippen LogP contribution in [0, 0.1) is 5.92 Å². The van der Waals surface area contributed by atoms with Crippen molar-refractivity contribution >= 4 is 0 Å². The number of aryl methyl sites for hydroxylation is 1. The molecule has 0 bridgehead atoms. The van der Waals surface area contributed by atoms with Crippen LogP contribution in [0.5, 0.6) is 0 Å². The lowest BCUT2D eigenvalue weighted by molar-refractivity contribution is 0.377. The molecular formula is C10H15N3O. The van der Waals surface area contributed by atoms with E-state index in [1.807, 2.05) is 0 Å². The van der Waals surface area contributed by atoms with Crippen molar-refractivity contribution in [2.24, 2.45) is 11.7 Å². The lowest BCUT2D eigenvalue weighted by Crippen LogP contribution is -2.34. The summed E-state index contributed by atoms with van der Waals surface area (Å²) in [6, 6.07) is 0. The van der Waals surface area contributed by atoms with Gasteiger partial charge in [-0.25, -0.2) is 4.98 Å².